The van der Waals surface area contributed by atoms with Crippen LogP contribution in [0.1, 0.15) is 12.5 Å². The molecule has 1 aromatic rings. The summed E-state index contributed by atoms with van der Waals surface area (Å²) in [5.41, 5.74) is 1.77. The number of rotatable bonds is 5. The van der Waals surface area contributed by atoms with E-state index in [1.165, 1.54) is 24.1 Å². The smallest absolute Gasteiger partial charge is 0.340 e. The molecule has 0 aromatic heterocycles. The molecule has 0 spiro atoms. The van der Waals surface area contributed by atoms with Gasteiger partial charge in [0, 0.05) is 19.4 Å². The second-order valence-corrected chi connectivity index (χ2v) is 5.05. The van der Waals surface area contributed by atoms with E-state index in [2.05, 4.69) is 0 Å². The summed E-state index contributed by atoms with van der Waals surface area (Å²) >= 11 is 0. The third-order valence-electron chi connectivity index (χ3n) is 3.62. The normalized spacial score (nSPS) is 16.4. The van der Waals surface area contributed by atoms with Crippen molar-refractivity contribution >= 4 is 18.0 Å². The molecule has 23 heavy (non-hydrogen) atoms. The van der Waals surface area contributed by atoms with Gasteiger partial charge in [-0.3, -0.25) is 4.79 Å². The molecule has 1 aliphatic rings. The van der Waals surface area contributed by atoms with Crippen molar-refractivity contribution in [3.8, 4) is 5.75 Å². The molecule has 0 saturated heterocycles. The minimum absolute atomic E-state index is 0.131. The van der Waals surface area contributed by atoms with Crippen molar-refractivity contribution < 1.29 is 24.2 Å². The topological polar surface area (TPSA) is 76.1 Å². The highest BCUT2D eigenvalue weighted by Crippen LogP contribution is 2.31. The first-order chi connectivity index (χ1) is 11.0. The van der Waals surface area contributed by atoms with Crippen molar-refractivity contribution in [3.63, 3.8) is 0 Å². The van der Waals surface area contributed by atoms with Crippen molar-refractivity contribution in [2.75, 3.05) is 27.4 Å². The Kier molecular flexibility index (Phi) is 5.18. The number of methoxy groups -OCH3 is 2. The van der Waals surface area contributed by atoms with Crippen LogP contribution in [0.4, 0.5) is 0 Å². The van der Waals surface area contributed by atoms with Crippen molar-refractivity contribution in [2.24, 2.45) is 0 Å². The number of hydrogen-bond acceptors (Lipinski definition) is 5. The van der Waals surface area contributed by atoms with Gasteiger partial charge >= 0.3 is 5.97 Å². The lowest BCUT2D eigenvalue weighted by Crippen LogP contribution is -2.28. The number of ether oxygens (including phenoxy) is 2. The standard InChI is InChI=1S/C17H19NO5/c1-11-15(17(21)23-3)14(16(20)18(11)8-9-22-2)10-12-4-6-13(19)7-5-12/h4-7,10,19H,8-9H2,1-3H3. The summed E-state index contributed by atoms with van der Waals surface area (Å²) in [6.45, 7) is 2.43. The van der Waals surface area contributed by atoms with Crippen LogP contribution in [0.15, 0.2) is 41.1 Å². The van der Waals surface area contributed by atoms with Crippen LogP contribution in [0, 0.1) is 0 Å². The van der Waals surface area contributed by atoms with E-state index < -0.39 is 5.97 Å². The number of phenolic OH excluding ortho intramolecular Hbond substituents is 1. The number of aromatic hydroxyl groups is 1. The first kappa shape index (κ1) is 16.8. The van der Waals surface area contributed by atoms with Crippen molar-refractivity contribution in [1.29, 1.82) is 0 Å². The molecule has 0 aliphatic carbocycles. The number of benzene rings is 1. The number of allylic oxidation sites excluding steroid dienone is 1. The van der Waals surface area contributed by atoms with Crippen molar-refractivity contribution in [3.05, 3.63) is 46.7 Å². The van der Waals surface area contributed by atoms with Crippen LogP contribution in [0.5, 0.6) is 5.75 Å². The summed E-state index contributed by atoms with van der Waals surface area (Å²) < 4.78 is 9.81. The van der Waals surface area contributed by atoms with Gasteiger partial charge < -0.3 is 19.5 Å². The van der Waals surface area contributed by atoms with Gasteiger partial charge in [-0.05, 0) is 30.7 Å². The number of esters is 1. The van der Waals surface area contributed by atoms with Crippen LogP contribution >= 0.6 is 0 Å². The van der Waals surface area contributed by atoms with Crippen molar-refractivity contribution in [1.82, 2.24) is 4.90 Å². The summed E-state index contributed by atoms with van der Waals surface area (Å²) in [5.74, 6) is -0.694. The maximum Gasteiger partial charge on any atom is 0.340 e. The Labute approximate surface area is 134 Å². The zero-order valence-corrected chi connectivity index (χ0v) is 13.3. The molecule has 0 fully saturated rings. The number of carbonyl (C=O) groups is 2. The van der Waals surface area contributed by atoms with E-state index in [9.17, 15) is 14.7 Å². The molecule has 1 aromatic carbocycles. The number of carbonyl (C=O) groups excluding carboxylic acids is 2. The number of amides is 1. The fourth-order valence-corrected chi connectivity index (χ4v) is 2.42. The van der Waals surface area contributed by atoms with E-state index in [0.717, 1.165) is 0 Å². The van der Waals surface area contributed by atoms with Gasteiger partial charge in [-0.25, -0.2) is 4.79 Å². The van der Waals surface area contributed by atoms with Crippen LogP contribution in [-0.2, 0) is 19.1 Å². The monoisotopic (exact) mass is 317 g/mol. The highest BCUT2D eigenvalue weighted by molar-refractivity contribution is 6.16. The van der Waals surface area contributed by atoms with Gasteiger partial charge in [-0.2, -0.15) is 0 Å². The fourth-order valence-electron chi connectivity index (χ4n) is 2.42. The quantitative estimate of drug-likeness (QED) is 0.661. The summed E-state index contributed by atoms with van der Waals surface area (Å²) in [5, 5.41) is 9.34. The highest BCUT2D eigenvalue weighted by Gasteiger charge is 2.36. The largest absolute Gasteiger partial charge is 0.508 e. The zero-order valence-electron chi connectivity index (χ0n) is 13.3. The van der Waals surface area contributed by atoms with Crippen LogP contribution in [0.2, 0.25) is 0 Å². The van der Waals surface area contributed by atoms with Crippen LogP contribution in [0.25, 0.3) is 6.08 Å². The molecular formula is C17H19NO5. The number of hydrogen-bond donors (Lipinski definition) is 1. The Bertz CT molecular complexity index is 673. The van der Waals surface area contributed by atoms with Gasteiger partial charge in [0.1, 0.15) is 5.75 Å². The van der Waals surface area contributed by atoms with Gasteiger partial charge in [-0.1, -0.05) is 12.1 Å². The third kappa shape index (κ3) is 3.43. The average molecular weight is 317 g/mol. The molecular weight excluding hydrogens is 298 g/mol. The summed E-state index contributed by atoms with van der Waals surface area (Å²) in [4.78, 5) is 26.2. The molecule has 1 N–H and O–H groups in total. The molecule has 0 bridgehead atoms. The predicted molar refractivity (Wildman–Crippen MR) is 84.4 cm³/mol. The SMILES string of the molecule is COCCN1C(=O)C(=Cc2ccc(O)cc2)C(C(=O)OC)=C1C. The van der Waals surface area contributed by atoms with E-state index in [4.69, 9.17) is 9.47 Å². The fraction of sp³-hybridized carbons (Fsp3) is 0.294. The summed E-state index contributed by atoms with van der Waals surface area (Å²) in [7, 11) is 2.83. The van der Waals surface area contributed by atoms with Crippen LogP contribution < -0.4 is 0 Å². The van der Waals surface area contributed by atoms with E-state index in [0.29, 0.717) is 24.4 Å². The maximum absolute atomic E-state index is 12.6. The molecule has 1 amide bonds. The number of nitrogens with zero attached hydrogens (tertiary/aromatic N) is 1. The lowest BCUT2D eigenvalue weighted by molar-refractivity contribution is -0.136. The Morgan fingerprint density at radius 2 is 1.91 bits per heavy atom. The molecule has 1 aliphatic heterocycles. The number of phenols is 1. The van der Waals surface area contributed by atoms with Gasteiger partial charge in [0.05, 0.1) is 24.9 Å². The van der Waals surface area contributed by atoms with Gasteiger partial charge in [0.2, 0.25) is 0 Å². The molecule has 0 unspecified atom stereocenters. The molecule has 122 valence electrons. The molecule has 6 nitrogen and oxygen atoms in total. The second-order valence-electron chi connectivity index (χ2n) is 5.05. The molecule has 1 heterocycles. The van der Waals surface area contributed by atoms with Gasteiger partial charge in [0.25, 0.3) is 5.91 Å². The minimum atomic E-state index is -0.555. The first-order valence-corrected chi connectivity index (χ1v) is 7.10. The van der Waals surface area contributed by atoms with Crippen LogP contribution in [-0.4, -0.2) is 49.3 Å². The van der Waals surface area contributed by atoms with Crippen LogP contribution in [0.3, 0.4) is 0 Å². The lowest BCUT2D eigenvalue weighted by Gasteiger charge is -2.16. The van der Waals surface area contributed by atoms with E-state index >= 15 is 0 Å². The Balaban J connectivity index is 2.45. The van der Waals surface area contributed by atoms with Gasteiger partial charge in [-0.15, -0.1) is 0 Å². The van der Waals surface area contributed by atoms with E-state index in [1.807, 2.05) is 0 Å². The Morgan fingerprint density at radius 3 is 2.48 bits per heavy atom. The second kappa shape index (κ2) is 7.11. The predicted octanol–water partition coefficient (Wildman–Crippen LogP) is 1.71. The first-order valence-electron chi connectivity index (χ1n) is 7.10. The summed E-state index contributed by atoms with van der Waals surface area (Å²) in [6.07, 6.45) is 1.62. The zero-order chi connectivity index (χ0) is 17.0. The molecule has 0 saturated carbocycles. The molecule has 0 atom stereocenters. The average Bonchev–Trinajstić information content (AvgIpc) is 2.77. The lowest BCUT2D eigenvalue weighted by atomic mass is 10.0. The maximum atomic E-state index is 12.6. The van der Waals surface area contributed by atoms with Crippen molar-refractivity contribution in [2.45, 2.75) is 6.92 Å². The Morgan fingerprint density at radius 1 is 1.26 bits per heavy atom. The minimum Gasteiger partial charge on any atom is -0.508 e. The molecule has 0 radical (unpaired) electrons. The van der Waals surface area contributed by atoms with E-state index in [-0.39, 0.29) is 22.8 Å². The highest BCUT2D eigenvalue weighted by atomic mass is 16.5. The van der Waals surface area contributed by atoms with E-state index in [1.54, 1.807) is 32.2 Å². The third-order valence-corrected chi connectivity index (χ3v) is 3.62. The summed E-state index contributed by atoms with van der Waals surface area (Å²) in [6, 6.07) is 6.36. The molecule has 2 rings (SSSR count). The van der Waals surface area contributed by atoms with Gasteiger partial charge in [0.15, 0.2) is 0 Å². The molecule has 6 heteroatoms. The Hall–Kier alpha value is -2.60.